The minimum absolute atomic E-state index is 0.288. The number of amides is 1. The Kier molecular flexibility index (Phi) is 7.52. The van der Waals surface area contributed by atoms with Crippen molar-refractivity contribution in [1.29, 1.82) is 0 Å². The van der Waals surface area contributed by atoms with Crippen LogP contribution < -0.4 is 5.32 Å². The number of esters is 1. The third-order valence-corrected chi connectivity index (χ3v) is 3.64. The molecule has 1 aliphatic rings. The first-order chi connectivity index (χ1) is 11.1. The lowest BCUT2D eigenvalue weighted by atomic mass is 9.93. The molecule has 0 radical (unpaired) electrons. The molecule has 0 aromatic heterocycles. The number of carbonyl (C=O) groups is 2. The lowest BCUT2D eigenvalue weighted by Gasteiger charge is -2.27. The molecular formula is C19H31NO4. The molecule has 1 N–H and O–H groups in total. The monoisotopic (exact) mass is 337 g/mol. The highest BCUT2D eigenvalue weighted by Crippen LogP contribution is 2.21. The molecule has 0 bridgehead atoms. The summed E-state index contributed by atoms with van der Waals surface area (Å²) in [6.07, 6.45) is 7.14. The maximum Gasteiger partial charge on any atom is 0.408 e. The van der Waals surface area contributed by atoms with Gasteiger partial charge in [-0.05, 0) is 65.9 Å². The molecule has 0 spiro atoms. The van der Waals surface area contributed by atoms with Gasteiger partial charge in [-0.2, -0.15) is 0 Å². The molecule has 1 unspecified atom stereocenters. The lowest BCUT2D eigenvalue weighted by Crippen LogP contribution is -2.46. The standard InChI is InChI=1S/C19H31NO4/c1-13(2)8-7-9-14(3)12-15(16-10-11-17(21)23-16)20-18(22)24-19(4,5)6/h8,10-11,14-16H,7,9,12H2,1-6H3,(H,20,22)/t14-,15-,16?/m1/s1. The largest absolute Gasteiger partial charge is 0.453 e. The maximum absolute atomic E-state index is 12.1. The Bertz CT molecular complexity index is 498. The van der Waals surface area contributed by atoms with Crippen molar-refractivity contribution in [3.8, 4) is 0 Å². The van der Waals surface area contributed by atoms with Crippen molar-refractivity contribution in [3.05, 3.63) is 23.8 Å². The van der Waals surface area contributed by atoms with Gasteiger partial charge in [0.2, 0.25) is 0 Å². The van der Waals surface area contributed by atoms with E-state index >= 15 is 0 Å². The Morgan fingerprint density at radius 3 is 2.58 bits per heavy atom. The predicted molar refractivity (Wildman–Crippen MR) is 94.6 cm³/mol. The fourth-order valence-electron chi connectivity index (χ4n) is 2.54. The number of ether oxygens (including phenoxy) is 2. The first-order valence-corrected chi connectivity index (χ1v) is 8.58. The minimum atomic E-state index is -0.564. The third kappa shape index (κ3) is 8.18. The van der Waals surface area contributed by atoms with Crippen LogP contribution >= 0.6 is 0 Å². The van der Waals surface area contributed by atoms with Gasteiger partial charge in [-0.1, -0.05) is 18.6 Å². The van der Waals surface area contributed by atoms with E-state index in [1.165, 1.54) is 11.6 Å². The molecule has 1 amide bonds. The molecule has 24 heavy (non-hydrogen) atoms. The van der Waals surface area contributed by atoms with Crippen molar-refractivity contribution in [1.82, 2.24) is 5.32 Å². The van der Waals surface area contributed by atoms with Gasteiger partial charge in [-0.3, -0.25) is 0 Å². The van der Waals surface area contributed by atoms with E-state index in [1.807, 2.05) is 20.8 Å². The number of alkyl carbamates (subject to hydrolysis) is 1. The van der Waals surface area contributed by atoms with E-state index in [0.717, 1.165) is 19.3 Å². The van der Waals surface area contributed by atoms with E-state index in [4.69, 9.17) is 9.47 Å². The fourth-order valence-corrected chi connectivity index (χ4v) is 2.54. The fraction of sp³-hybridized carbons (Fsp3) is 0.684. The molecule has 136 valence electrons. The number of cyclic esters (lactones) is 1. The molecule has 0 aromatic carbocycles. The molecule has 0 saturated carbocycles. The van der Waals surface area contributed by atoms with Crippen molar-refractivity contribution in [2.45, 2.75) is 78.6 Å². The predicted octanol–water partition coefficient (Wildman–Crippen LogP) is 4.13. The van der Waals surface area contributed by atoms with E-state index in [-0.39, 0.29) is 12.0 Å². The Labute approximate surface area is 145 Å². The Balaban J connectivity index is 2.64. The zero-order valence-corrected chi connectivity index (χ0v) is 15.7. The summed E-state index contributed by atoms with van der Waals surface area (Å²) in [6, 6.07) is -0.288. The summed E-state index contributed by atoms with van der Waals surface area (Å²) >= 11 is 0. The second-order valence-electron chi connectivity index (χ2n) is 7.71. The molecule has 5 heteroatoms. The van der Waals surface area contributed by atoms with Gasteiger partial charge in [-0.15, -0.1) is 0 Å². The van der Waals surface area contributed by atoms with Crippen LogP contribution in [0.3, 0.4) is 0 Å². The Morgan fingerprint density at radius 1 is 1.42 bits per heavy atom. The van der Waals surface area contributed by atoms with Crippen molar-refractivity contribution >= 4 is 12.1 Å². The quantitative estimate of drug-likeness (QED) is 0.560. The minimum Gasteiger partial charge on any atom is -0.453 e. The molecule has 0 aliphatic carbocycles. The molecule has 1 aliphatic heterocycles. The number of hydrogen-bond donors (Lipinski definition) is 1. The summed E-state index contributed by atoms with van der Waals surface area (Å²) in [5.74, 6) is 0.0152. The smallest absolute Gasteiger partial charge is 0.408 e. The summed E-state index contributed by atoms with van der Waals surface area (Å²) in [5, 5.41) is 2.86. The Morgan fingerprint density at radius 2 is 2.08 bits per heavy atom. The lowest BCUT2D eigenvalue weighted by molar-refractivity contribution is -0.139. The summed E-state index contributed by atoms with van der Waals surface area (Å²) in [5.41, 5.74) is 0.740. The van der Waals surface area contributed by atoms with Crippen LogP contribution in [0.4, 0.5) is 4.79 Å². The molecule has 0 aromatic rings. The number of rotatable bonds is 7. The highest BCUT2D eigenvalue weighted by molar-refractivity contribution is 5.84. The van der Waals surface area contributed by atoms with E-state index < -0.39 is 17.8 Å². The van der Waals surface area contributed by atoms with Crippen molar-refractivity contribution in [2.24, 2.45) is 5.92 Å². The SMILES string of the molecule is CC(C)=CCC[C@@H](C)C[C@@H](NC(=O)OC(C)(C)C)C1C=CC(=O)O1. The number of carbonyl (C=O) groups excluding carboxylic acids is 2. The molecule has 1 heterocycles. The number of hydrogen-bond acceptors (Lipinski definition) is 4. The summed E-state index contributed by atoms with van der Waals surface area (Å²) in [6.45, 7) is 11.8. The van der Waals surface area contributed by atoms with Crippen LogP contribution in [0, 0.1) is 5.92 Å². The van der Waals surface area contributed by atoms with Gasteiger partial charge >= 0.3 is 12.1 Å². The van der Waals surface area contributed by atoms with Gasteiger partial charge < -0.3 is 14.8 Å². The van der Waals surface area contributed by atoms with Gasteiger partial charge in [-0.25, -0.2) is 9.59 Å². The summed E-state index contributed by atoms with van der Waals surface area (Å²) < 4.78 is 10.6. The zero-order chi connectivity index (χ0) is 18.3. The molecular weight excluding hydrogens is 306 g/mol. The first-order valence-electron chi connectivity index (χ1n) is 8.58. The molecule has 1 rings (SSSR count). The van der Waals surface area contributed by atoms with E-state index in [1.54, 1.807) is 6.08 Å². The zero-order valence-electron chi connectivity index (χ0n) is 15.7. The van der Waals surface area contributed by atoms with Gasteiger partial charge in [0.25, 0.3) is 0 Å². The van der Waals surface area contributed by atoms with Crippen LogP contribution in [-0.4, -0.2) is 29.8 Å². The van der Waals surface area contributed by atoms with Crippen LogP contribution in [-0.2, 0) is 14.3 Å². The molecule has 5 nitrogen and oxygen atoms in total. The summed E-state index contributed by atoms with van der Waals surface area (Å²) in [4.78, 5) is 23.4. The second-order valence-corrected chi connectivity index (χ2v) is 7.71. The highest BCUT2D eigenvalue weighted by atomic mass is 16.6. The first kappa shape index (κ1) is 20.3. The van der Waals surface area contributed by atoms with Gasteiger partial charge in [0.15, 0.2) is 0 Å². The average molecular weight is 337 g/mol. The van der Waals surface area contributed by atoms with E-state index in [0.29, 0.717) is 5.92 Å². The van der Waals surface area contributed by atoms with Crippen molar-refractivity contribution in [2.75, 3.05) is 0 Å². The van der Waals surface area contributed by atoms with Crippen LogP contribution in [0.2, 0.25) is 0 Å². The molecule has 0 saturated heterocycles. The van der Waals surface area contributed by atoms with E-state index in [2.05, 4.69) is 32.2 Å². The highest BCUT2D eigenvalue weighted by Gasteiger charge is 2.30. The van der Waals surface area contributed by atoms with Gasteiger partial charge in [0, 0.05) is 6.08 Å². The van der Waals surface area contributed by atoms with Gasteiger partial charge in [0.05, 0.1) is 6.04 Å². The normalized spacial score (nSPS) is 19.4. The van der Waals surface area contributed by atoms with Crippen LogP contribution in [0.25, 0.3) is 0 Å². The van der Waals surface area contributed by atoms with Crippen LogP contribution in [0.15, 0.2) is 23.8 Å². The topological polar surface area (TPSA) is 64.6 Å². The second kappa shape index (κ2) is 8.90. The number of nitrogens with one attached hydrogen (secondary N) is 1. The molecule has 3 atom stereocenters. The Hall–Kier alpha value is -1.78. The van der Waals surface area contributed by atoms with Crippen molar-refractivity contribution < 1.29 is 19.1 Å². The third-order valence-electron chi connectivity index (χ3n) is 3.64. The van der Waals surface area contributed by atoms with E-state index in [9.17, 15) is 9.59 Å². The number of allylic oxidation sites excluding steroid dienone is 2. The average Bonchev–Trinajstić information content (AvgIpc) is 2.82. The maximum atomic E-state index is 12.1. The summed E-state index contributed by atoms with van der Waals surface area (Å²) in [7, 11) is 0. The van der Waals surface area contributed by atoms with Crippen molar-refractivity contribution in [3.63, 3.8) is 0 Å². The van der Waals surface area contributed by atoms with Gasteiger partial charge in [0.1, 0.15) is 11.7 Å². The molecule has 0 fully saturated rings. The van der Waals surface area contributed by atoms with Crippen LogP contribution in [0.5, 0.6) is 0 Å². The van der Waals surface area contributed by atoms with Crippen LogP contribution in [0.1, 0.15) is 60.8 Å².